The molecular weight excluding hydrogens is 513 g/mol. The van der Waals surface area contributed by atoms with E-state index in [1.165, 1.54) is 28.4 Å². The quantitative estimate of drug-likeness (QED) is 0.131. The first kappa shape index (κ1) is 24.7. The molecule has 0 fully saturated rings. The average Bonchev–Trinajstić information content (AvgIpc) is 3.28. The molecule has 0 radical (unpaired) electrons. The number of esters is 1. The summed E-state index contributed by atoms with van der Waals surface area (Å²) in [5.74, 6) is 0.173. The molecule has 0 aliphatic carbocycles. The number of nitrogens with one attached hydrogen (secondary N) is 2. The average molecular weight is 537 g/mol. The molecule has 0 saturated carbocycles. The number of nitro groups is 1. The molecule has 2 aromatic heterocycles. The Morgan fingerprint density at radius 1 is 1.52 bits per heavy atom. The number of hydrogen-bond acceptors (Lipinski definition) is 8. The smallest absolute Gasteiger partial charge is 0.350 e. The Hall–Kier alpha value is -2.29. The molecule has 160 valence electrons. The predicted molar refractivity (Wildman–Crippen MR) is 120 cm³/mol. The zero-order valence-corrected chi connectivity index (χ0v) is 19.7. The summed E-state index contributed by atoms with van der Waals surface area (Å²) < 4.78 is 6.52. The number of carbonyl (C=O) groups excluding carboxylic acids is 1. The molecule has 2 rings (SSSR count). The molecule has 29 heavy (non-hydrogen) atoms. The standard InChI is InChI=1S/C16H23N7O4S.HI/c1-5-27-15(24)13-10(2)20-14(28-13)11(3)21-16(17-4)18-6-7-22-9-12(8-19-22)23(25)26;/h8-9,11H,5-7H2,1-4H3,(H2,17,18,21);1H. The molecule has 2 aromatic rings. The molecule has 2 heterocycles. The van der Waals surface area contributed by atoms with Crippen LogP contribution in [0.5, 0.6) is 0 Å². The summed E-state index contributed by atoms with van der Waals surface area (Å²) >= 11 is 1.29. The van der Waals surface area contributed by atoms with Crippen LogP contribution in [0.4, 0.5) is 5.69 Å². The van der Waals surface area contributed by atoms with Crippen LogP contribution in [0.15, 0.2) is 17.4 Å². The Morgan fingerprint density at radius 2 is 2.24 bits per heavy atom. The van der Waals surface area contributed by atoms with Gasteiger partial charge in [0.25, 0.3) is 0 Å². The topological polar surface area (TPSA) is 137 Å². The third kappa shape index (κ3) is 6.92. The number of hydrogen-bond donors (Lipinski definition) is 2. The lowest BCUT2D eigenvalue weighted by atomic mass is 10.3. The number of halogens is 1. The second kappa shape index (κ2) is 11.6. The Balaban J connectivity index is 0.00000420. The first-order valence-corrected chi connectivity index (χ1v) is 9.45. The summed E-state index contributed by atoms with van der Waals surface area (Å²) in [5.41, 5.74) is 0.586. The number of ether oxygens (including phenoxy) is 1. The van der Waals surface area contributed by atoms with Gasteiger partial charge in [0.05, 0.1) is 29.8 Å². The molecule has 2 N–H and O–H groups in total. The molecular formula is C16H24IN7O4S. The maximum atomic E-state index is 11.9. The molecule has 0 spiro atoms. The summed E-state index contributed by atoms with van der Waals surface area (Å²) in [6.45, 7) is 6.67. The second-order valence-electron chi connectivity index (χ2n) is 5.77. The highest BCUT2D eigenvalue weighted by molar-refractivity contribution is 14.0. The van der Waals surface area contributed by atoms with Gasteiger partial charge in [-0.3, -0.25) is 19.8 Å². The highest BCUT2D eigenvalue weighted by Crippen LogP contribution is 2.24. The zero-order chi connectivity index (χ0) is 20.7. The van der Waals surface area contributed by atoms with Gasteiger partial charge in [0, 0.05) is 13.6 Å². The maximum absolute atomic E-state index is 11.9. The molecule has 1 atom stereocenters. The van der Waals surface area contributed by atoms with Gasteiger partial charge in [-0.1, -0.05) is 0 Å². The van der Waals surface area contributed by atoms with E-state index >= 15 is 0 Å². The van der Waals surface area contributed by atoms with E-state index in [0.29, 0.717) is 36.2 Å². The fraction of sp³-hybridized carbons (Fsp3) is 0.500. The molecule has 0 amide bonds. The lowest BCUT2D eigenvalue weighted by Gasteiger charge is -2.16. The number of rotatable bonds is 8. The molecule has 0 saturated heterocycles. The van der Waals surface area contributed by atoms with E-state index in [0.717, 1.165) is 5.01 Å². The predicted octanol–water partition coefficient (Wildman–Crippen LogP) is 2.28. The van der Waals surface area contributed by atoms with Crippen molar-refractivity contribution in [2.75, 3.05) is 20.2 Å². The second-order valence-corrected chi connectivity index (χ2v) is 6.80. The first-order chi connectivity index (χ1) is 13.3. The molecule has 1 unspecified atom stereocenters. The van der Waals surface area contributed by atoms with Crippen LogP contribution in [-0.4, -0.2) is 51.8 Å². The Morgan fingerprint density at radius 3 is 2.83 bits per heavy atom. The normalized spacial score (nSPS) is 12.1. The SMILES string of the molecule is CCOC(=O)c1sc(C(C)NC(=NC)NCCn2cc([N+](=O)[O-])cn2)nc1C.I. The minimum atomic E-state index is -0.486. The third-order valence-corrected chi connectivity index (χ3v) is 5.01. The van der Waals surface area contributed by atoms with Crippen molar-refractivity contribution in [1.82, 2.24) is 25.4 Å². The van der Waals surface area contributed by atoms with Crippen LogP contribution in [0.2, 0.25) is 0 Å². The van der Waals surface area contributed by atoms with Gasteiger partial charge in [-0.15, -0.1) is 35.3 Å². The summed E-state index contributed by atoms with van der Waals surface area (Å²) in [4.78, 5) is 31.2. The fourth-order valence-corrected chi connectivity index (χ4v) is 3.27. The van der Waals surface area contributed by atoms with Gasteiger partial charge in [0.1, 0.15) is 22.3 Å². The molecule has 11 nitrogen and oxygen atoms in total. The monoisotopic (exact) mass is 537 g/mol. The Kier molecular flexibility index (Phi) is 9.94. The molecule has 13 heteroatoms. The van der Waals surface area contributed by atoms with Crippen LogP contribution in [0.3, 0.4) is 0 Å². The van der Waals surface area contributed by atoms with Gasteiger partial charge in [0.2, 0.25) is 0 Å². The largest absolute Gasteiger partial charge is 0.462 e. The Labute approximate surface area is 189 Å². The lowest BCUT2D eigenvalue weighted by molar-refractivity contribution is -0.385. The van der Waals surface area contributed by atoms with Crippen molar-refractivity contribution in [2.24, 2.45) is 4.99 Å². The van der Waals surface area contributed by atoms with Crippen molar-refractivity contribution in [3.8, 4) is 0 Å². The van der Waals surface area contributed by atoms with E-state index in [-0.39, 0.29) is 41.7 Å². The van der Waals surface area contributed by atoms with Crippen LogP contribution in [-0.2, 0) is 11.3 Å². The van der Waals surface area contributed by atoms with Crippen LogP contribution < -0.4 is 10.6 Å². The van der Waals surface area contributed by atoms with Gasteiger partial charge in [0.15, 0.2) is 5.96 Å². The van der Waals surface area contributed by atoms with E-state index in [9.17, 15) is 14.9 Å². The van der Waals surface area contributed by atoms with Gasteiger partial charge in [-0.2, -0.15) is 5.10 Å². The molecule has 0 aliphatic heterocycles. The van der Waals surface area contributed by atoms with Crippen molar-refractivity contribution in [1.29, 1.82) is 0 Å². The number of nitrogens with zero attached hydrogens (tertiary/aromatic N) is 5. The zero-order valence-electron chi connectivity index (χ0n) is 16.5. The maximum Gasteiger partial charge on any atom is 0.350 e. The van der Waals surface area contributed by atoms with Gasteiger partial charge in [-0.25, -0.2) is 9.78 Å². The van der Waals surface area contributed by atoms with Crippen LogP contribution in [0.1, 0.15) is 40.3 Å². The summed E-state index contributed by atoms with van der Waals surface area (Å²) in [6.07, 6.45) is 2.58. The number of aryl methyl sites for hydroxylation is 1. The molecule has 0 aliphatic rings. The summed E-state index contributed by atoms with van der Waals surface area (Å²) in [6, 6.07) is -0.177. The minimum Gasteiger partial charge on any atom is -0.462 e. The van der Waals surface area contributed by atoms with Crippen molar-refractivity contribution in [3.63, 3.8) is 0 Å². The van der Waals surface area contributed by atoms with Crippen LogP contribution >= 0.6 is 35.3 Å². The van der Waals surface area contributed by atoms with E-state index in [1.54, 1.807) is 20.9 Å². The number of aliphatic imine (C=N–C) groups is 1. The Bertz CT molecular complexity index is 867. The van der Waals surface area contributed by atoms with E-state index in [4.69, 9.17) is 4.74 Å². The number of guanidine groups is 1. The van der Waals surface area contributed by atoms with Crippen molar-refractivity contribution in [3.05, 3.63) is 38.1 Å². The number of thiazole rings is 1. The van der Waals surface area contributed by atoms with Crippen molar-refractivity contribution in [2.45, 2.75) is 33.4 Å². The van der Waals surface area contributed by atoms with E-state index in [1.807, 2.05) is 6.92 Å². The van der Waals surface area contributed by atoms with E-state index < -0.39 is 4.92 Å². The highest BCUT2D eigenvalue weighted by atomic mass is 127. The van der Waals surface area contributed by atoms with Crippen molar-refractivity contribution >= 4 is 52.9 Å². The van der Waals surface area contributed by atoms with Crippen molar-refractivity contribution < 1.29 is 14.5 Å². The molecule has 0 bridgehead atoms. The van der Waals surface area contributed by atoms with Gasteiger partial charge < -0.3 is 15.4 Å². The first-order valence-electron chi connectivity index (χ1n) is 8.64. The number of aromatic nitrogens is 3. The summed E-state index contributed by atoms with van der Waals surface area (Å²) in [5, 5.41) is 21.7. The van der Waals surface area contributed by atoms with Crippen LogP contribution in [0.25, 0.3) is 0 Å². The van der Waals surface area contributed by atoms with Gasteiger partial charge in [-0.05, 0) is 20.8 Å². The minimum absolute atomic E-state index is 0. The highest BCUT2D eigenvalue weighted by Gasteiger charge is 2.20. The number of carbonyl (C=O) groups is 1. The van der Waals surface area contributed by atoms with E-state index in [2.05, 4.69) is 25.7 Å². The van der Waals surface area contributed by atoms with Crippen LogP contribution in [0, 0.1) is 17.0 Å². The molecule has 0 aromatic carbocycles. The fourth-order valence-electron chi connectivity index (χ4n) is 2.31. The third-order valence-electron chi connectivity index (χ3n) is 3.69. The lowest BCUT2D eigenvalue weighted by Crippen LogP contribution is -2.40. The summed E-state index contributed by atoms with van der Waals surface area (Å²) in [7, 11) is 1.64. The van der Waals surface area contributed by atoms with Gasteiger partial charge >= 0.3 is 11.7 Å².